The second-order valence-electron chi connectivity index (χ2n) is 4.29. The third-order valence-corrected chi connectivity index (χ3v) is 2.71. The molecule has 1 aliphatic heterocycles. The molecular formula is C12H21N3O4. The van der Waals surface area contributed by atoms with E-state index in [0.717, 1.165) is 6.42 Å². The summed E-state index contributed by atoms with van der Waals surface area (Å²) in [5.41, 5.74) is 0. The summed E-state index contributed by atoms with van der Waals surface area (Å²) in [5, 5.41) is 2.57. The van der Waals surface area contributed by atoms with E-state index in [2.05, 4.69) is 5.32 Å². The Morgan fingerprint density at radius 1 is 1.37 bits per heavy atom. The van der Waals surface area contributed by atoms with E-state index in [1.807, 2.05) is 6.92 Å². The van der Waals surface area contributed by atoms with Gasteiger partial charge in [-0.1, -0.05) is 6.92 Å². The second kappa shape index (κ2) is 7.73. The van der Waals surface area contributed by atoms with Crippen LogP contribution in [-0.4, -0.2) is 67.0 Å². The van der Waals surface area contributed by atoms with Crippen LogP contribution in [0.15, 0.2) is 0 Å². The summed E-state index contributed by atoms with van der Waals surface area (Å²) in [4.78, 5) is 37.6. The Labute approximate surface area is 112 Å². The van der Waals surface area contributed by atoms with E-state index in [9.17, 15) is 14.4 Å². The number of rotatable bonds is 7. The first-order valence-corrected chi connectivity index (χ1v) is 6.54. The highest BCUT2D eigenvalue weighted by Gasteiger charge is 2.27. The first-order valence-electron chi connectivity index (χ1n) is 6.54. The predicted octanol–water partition coefficient (Wildman–Crippen LogP) is -0.187. The topological polar surface area (TPSA) is 79.0 Å². The minimum absolute atomic E-state index is 0.0556. The molecule has 0 aromatic heterocycles. The first kappa shape index (κ1) is 15.4. The molecule has 108 valence electrons. The lowest BCUT2D eigenvalue weighted by atomic mass is 10.3. The highest BCUT2D eigenvalue weighted by Crippen LogP contribution is 2.01. The van der Waals surface area contributed by atoms with Crippen molar-refractivity contribution in [3.05, 3.63) is 0 Å². The molecule has 0 radical (unpaired) electrons. The Kier molecular flexibility index (Phi) is 6.27. The van der Waals surface area contributed by atoms with E-state index in [-0.39, 0.29) is 31.0 Å². The third kappa shape index (κ3) is 4.86. The summed E-state index contributed by atoms with van der Waals surface area (Å²) in [6.07, 6.45) is 0.818. The molecule has 1 N–H and O–H groups in total. The highest BCUT2D eigenvalue weighted by atomic mass is 16.5. The molecule has 0 unspecified atom stereocenters. The Balaban J connectivity index is 2.49. The number of esters is 1. The Morgan fingerprint density at radius 2 is 2.11 bits per heavy atom. The molecule has 0 aliphatic carbocycles. The molecule has 7 nitrogen and oxygen atoms in total. The molecular weight excluding hydrogens is 250 g/mol. The van der Waals surface area contributed by atoms with Crippen LogP contribution in [0, 0.1) is 0 Å². The summed E-state index contributed by atoms with van der Waals surface area (Å²) in [5.74, 6) is -0.637. The number of ether oxygens (including phenoxy) is 1. The molecule has 1 heterocycles. The van der Waals surface area contributed by atoms with Gasteiger partial charge in [-0.25, -0.2) is 4.79 Å². The number of hydrogen-bond donors (Lipinski definition) is 1. The van der Waals surface area contributed by atoms with Crippen molar-refractivity contribution in [3.8, 4) is 0 Å². The smallest absolute Gasteiger partial charge is 0.324 e. The van der Waals surface area contributed by atoms with Gasteiger partial charge in [-0.05, 0) is 19.9 Å². The van der Waals surface area contributed by atoms with E-state index in [0.29, 0.717) is 26.2 Å². The summed E-state index contributed by atoms with van der Waals surface area (Å²) in [7, 11) is 0. The molecule has 0 aromatic rings. The minimum Gasteiger partial charge on any atom is -0.465 e. The van der Waals surface area contributed by atoms with Gasteiger partial charge in [0, 0.05) is 13.1 Å². The highest BCUT2D eigenvalue weighted by molar-refractivity contribution is 5.96. The van der Waals surface area contributed by atoms with Gasteiger partial charge in [0.1, 0.15) is 0 Å². The van der Waals surface area contributed by atoms with Crippen LogP contribution in [0.4, 0.5) is 4.79 Å². The third-order valence-electron chi connectivity index (χ3n) is 2.71. The largest absolute Gasteiger partial charge is 0.465 e. The SMILES string of the molecule is CCCN(CC(=O)OCC)CC(=O)N1CCNC1=O. The summed E-state index contributed by atoms with van der Waals surface area (Å²) >= 11 is 0. The molecule has 0 spiro atoms. The molecule has 7 heteroatoms. The number of nitrogens with zero attached hydrogens (tertiary/aromatic N) is 2. The lowest BCUT2D eigenvalue weighted by Gasteiger charge is -2.22. The molecule has 1 fully saturated rings. The van der Waals surface area contributed by atoms with E-state index in [1.165, 1.54) is 4.90 Å². The van der Waals surface area contributed by atoms with Crippen molar-refractivity contribution in [2.24, 2.45) is 0 Å². The monoisotopic (exact) mass is 271 g/mol. The van der Waals surface area contributed by atoms with Crippen LogP contribution in [0.5, 0.6) is 0 Å². The molecule has 19 heavy (non-hydrogen) atoms. The molecule has 1 aliphatic rings. The number of hydrogen-bond acceptors (Lipinski definition) is 5. The van der Waals surface area contributed by atoms with Crippen LogP contribution >= 0.6 is 0 Å². The number of urea groups is 1. The normalized spacial score (nSPS) is 14.7. The van der Waals surface area contributed by atoms with Gasteiger partial charge in [0.25, 0.3) is 0 Å². The zero-order valence-corrected chi connectivity index (χ0v) is 11.5. The fourth-order valence-electron chi connectivity index (χ4n) is 1.91. The van der Waals surface area contributed by atoms with Crippen LogP contribution in [0.3, 0.4) is 0 Å². The Morgan fingerprint density at radius 3 is 2.63 bits per heavy atom. The number of nitrogens with one attached hydrogen (secondary N) is 1. The molecule has 1 saturated heterocycles. The quantitative estimate of drug-likeness (QED) is 0.649. The average molecular weight is 271 g/mol. The van der Waals surface area contributed by atoms with Crippen molar-refractivity contribution in [2.75, 3.05) is 39.3 Å². The van der Waals surface area contributed by atoms with Crippen LogP contribution in [-0.2, 0) is 14.3 Å². The Hall–Kier alpha value is -1.63. The predicted molar refractivity (Wildman–Crippen MR) is 68.5 cm³/mol. The molecule has 0 saturated carbocycles. The van der Waals surface area contributed by atoms with Crippen molar-refractivity contribution in [3.63, 3.8) is 0 Å². The van der Waals surface area contributed by atoms with Crippen molar-refractivity contribution in [1.82, 2.24) is 15.1 Å². The van der Waals surface area contributed by atoms with Gasteiger partial charge in [-0.3, -0.25) is 19.4 Å². The van der Waals surface area contributed by atoms with Crippen molar-refractivity contribution < 1.29 is 19.1 Å². The van der Waals surface area contributed by atoms with Crippen molar-refractivity contribution in [1.29, 1.82) is 0 Å². The van der Waals surface area contributed by atoms with Gasteiger partial charge < -0.3 is 10.1 Å². The maximum atomic E-state index is 12.0. The molecule has 1 rings (SSSR count). The van der Waals surface area contributed by atoms with Gasteiger partial charge in [0.05, 0.1) is 19.7 Å². The van der Waals surface area contributed by atoms with Gasteiger partial charge in [0.2, 0.25) is 5.91 Å². The zero-order valence-electron chi connectivity index (χ0n) is 11.5. The number of carbonyl (C=O) groups excluding carboxylic acids is 3. The zero-order chi connectivity index (χ0) is 14.3. The van der Waals surface area contributed by atoms with E-state index in [1.54, 1.807) is 11.8 Å². The number of amides is 3. The minimum atomic E-state index is -0.363. The Bertz CT molecular complexity index is 346. The molecule has 0 atom stereocenters. The first-order chi connectivity index (χ1) is 9.08. The average Bonchev–Trinajstić information content (AvgIpc) is 2.76. The lowest BCUT2D eigenvalue weighted by Crippen LogP contribution is -2.44. The van der Waals surface area contributed by atoms with Crippen LogP contribution in [0.2, 0.25) is 0 Å². The second-order valence-corrected chi connectivity index (χ2v) is 4.29. The fraction of sp³-hybridized carbons (Fsp3) is 0.750. The van der Waals surface area contributed by atoms with Gasteiger partial charge in [-0.2, -0.15) is 0 Å². The van der Waals surface area contributed by atoms with Crippen molar-refractivity contribution in [2.45, 2.75) is 20.3 Å². The van der Waals surface area contributed by atoms with Crippen LogP contribution < -0.4 is 5.32 Å². The molecule has 3 amide bonds. The summed E-state index contributed by atoms with van der Waals surface area (Å²) in [6.45, 7) is 5.63. The standard InChI is InChI=1S/C12H21N3O4/c1-3-6-14(9-11(17)19-4-2)8-10(16)15-7-5-13-12(15)18/h3-9H2,1-2H3,(H,13,18). The molecule has 0 bridgehead atoms. The van der Waals surface area contributed by atoms with Gasteiger partial charge >= 0.3 is 12.0 Å². The van der Waals surface area contributed by atoms with Gasteiger partial charge in [-0.15, -0.1) is 0 Å². The van der Waals surface area contributed by atoms with Crippen LogP contribution in [0.25, 0.3) is 0 Å². The lowest BCUT2D eigenvalue weighted by molar-refractivity contribution is -0.144. The van der Waals surface area contributed by atoms with E-state index < -0.39 is 0 Å². The summed E-state index contributed by atoms with van der Waals surface area (Å²) < 4.78 is 4.86. The van der Waals surface area contributed by atoms with Crippen LogP contribution in [0.1, 0.15) is 20.3 Å². The number of carbonyl (C=O) groups is 3. The van der Waals surface area contributed by atoms with Crippen molar-refractivity contribution >= 4 is 17.9 Å². The fourth-order valence-corrected chi connectivity index (χ4v) is 1.91. The van der Waals surface area contributed by atoms with Gasteiger partial charge in [0.15, 0.2) is 0 Å². The van der Waals surface area contributed by atoms with E-state index >= 15 is 0 Å². The van der Waals surface area contributed by atoms with E-state index in [4.69, 9.17) is 4.74 Å². The molecule has 0 aromatic carbocycles. The maximum Gasteiger partial charge on any atom is 0.324 e. The maximum absolute atomic E-state index is 12.0. The number of imide groups is 1. The summed E-state index contributed by atoms with van der Waals surface area (Å²) in [6, 6.07) is -0.363.